The molecule has 0 fully saturated rings. The quantitative estimate of drug-likeness (QED) is 0.859. The minimum absolute atomic E-state index is 0.106. The first kappa shape index (κ1) is 15.1. The van der Waals surface area contributed by atoms with E-state index in [1.165, 1.54) is 0 Å². The minimum Gasteiger partial charge on any atom is -0.338 e. The molecule has 1 aromatic rings. The summed E-state index contributed by atoms with van der Waals surface area (Å²) in [5.41, 5.74) is 6.82. The summed E-state index contributed by atoms with van der Waals surface area (Å²) in [6, 6.07) is 10.3. The van der Waals surface area contributed by atoms with Crippen molar-refractivity contribution in [3.63, 3.8) is 0 Å². The second-order valence-electron chi connectivity index (χ2n) is 4.58. The number of nitrogens with two attached hydrogens (primary N) is 1. The van der Waals surface area contributed by atoms with Crippen molar-refractivity contribution < 1.29 is 4.79 Å². The summed E-state index contributed by atoms with van der Waals surface area (Å²) < 4.78 is 0. The van der Waals surface area contributed by atoms with Crippen molar-refractivity contribution in [1.29, 1.82) is 0 Å². The third-order valence-corrected chi connectivity index (χ3v) is 4.08. The van der Waals surface area contributed by atoms with Gasteiger partial charge in [0.05, 0.1) is 11.8 Å². The summed E-state index contributed by atoms with van der Waals surface area (Å²) in [5.74, 6) is 1.46. The molecule has 0 saturated carbocycles. The van der Waals surface area contributed by atoms with Gasteiger partial charge in [0.15, 0.2) is 0 Å². The Bertz CT molecular complexity index is 367. The van der Waals surface area contributed by atoms with E-state index in [-0.39, 0.29) is 18.0 Å². The second-order valence-corrected chi connectivity index (χ2v) is 5.61. The number of benzene rings is 1. The van der Waals surface area contributed by atoms with Gasteiger partial charge in [0.2, 0.25) is 5.91 Å². The normalized spacial score (nSPS) is 14.0. The van der Waals surface area contributed by atoms with Crippen molar-refractivity contribution in [3.05, 3.63) is 35.9 Å². The van der Waals surface area contributed by atoms with Crippen LogP contribution in [-0.2, 0) is 4.79 Å². The largest absolute Gasteiger partial charge is 0.338 e. The zero-order valence-electron chi connectivity index (χ0n) is 11.3. The maximum Gasteiger partial charge on any atom is 0.232 e. The fourth-order valence-electron chi connectivity index (χ4n) is 1.61. The number of carbonyl (C=O) groups excluding carboxylic acids is 1. The molecule has 0 aromatic heterocycles. The molecule has 2 atom stereocenters. The number of thioether (sulfide) groups is 1. The van der Waals surface area contributed by atoms with E-state index in [1.807, 2.05) is 51.2 Å². The average Bonchev–Trinajstić information content (AvgIpc) is 2.37. The highest BCUT2D eigenvalue weighted by atomic mass is 32.2. The van der Waals surface area contributed by atoms with Crippen LogP contribution in [0.2, 0.25) is 0 Å². The van der Waals surface area contributed by atoms with Crippen molar-refractivity contribution in [2.45, 2.75) is 25.9 Å². The first-order valence-electron chi connectivity index (χ1n) is 6.16. The first-order chi connectivity index (χ1) is 8.52. The van der Waals surface area contributed by atoms with Crippen molar-refractivity contribution in [3.8, 4) is 0 Å². The number of carbonyl (C=O) groups is 1. The lowest BCUT2D eigenvalue weighted by Crippen LogP contribution is -2.31. The predicted octanol–water partition coefficient (Wildman–Crippen LogP) is 2.29. The van der Waals surface area contributed by atoms with Crippen molar-refractivity contribution in [2.75, 3.05) is 18.6 Å². The average molecular weight is 266 g/mol. The van der Waals surface area contributed by atoms with Gasteiger partial charge in [-0.1, -0.05) is 30.3 Å². The zero-order chi connectivity index (χ0) is 13.5. The summed E-state index contributed by atoms with van der Waals surface area (Å²) in [7, 11) is 1.85. The summed E-state index contributed by atoms with van der Waals surface area (Å²) in [6.07, 6.45) is 0. The van der Waals surface area contributed by atoms with Crippen molar-refractivity contribution >= 4 is 17.7 Å². The molecule has 0 radical (unpaired) electrons. The van der Waals surface area contributed by atoms with Crippen LogP contribution in [0.5, 0.6) is 0 Å². The molecule has 3 nitrogen and oxygen atoms in total. The van der Waals surface area contributed by atoms with E-state index in [0.717, 1.165) is 11.3 Å². The summed E-state index contributed by atoms with van der Waals surface area (Å²) in [4.78, 5) is 13.8. The molecular weight excluding hydrogens is 244 g/mol. The van der Waals surface area contributed by atoms with Gasteiger partial charge in [-0.3, -0.25) is 4.79 Å². The predicted molar refractivity (Wildman–Crippen MR) is 78.6 cm³/mol. The van der Waals surface area contributed by atoms with Gasteiger partial charge in [-0.2, -0.15) is 11.8 Å². The maximum atomic E-state index is 12.0. The van der Waals surface area contributed by atoms with Gasteiger partial charge in [0, 0.05) is 18.8 Å². The Labute approximate surface area is 114 Å². The van der Waals surface area contributed by atoms with Crippen LogP contribution < -0.4 is 5.73 Å². The Morgan fingerprint density at radius 1 is 1.33 bits per heavy atom. The molecule has 1 aromatic carbocycles. The lowest BCUT2D eigenvalue weighted by molar-refractivity contribution is -0.128. The fraction of sp³-hybridized carbons (Fsp3) is 0.500. The highest BCUT2D eigenvalue weighted by molar-refractivity contribution is 7.99. The van der Waals surface area contributed by atoms with Crippen LogP contribution in [0.3, 0.4) is 0 Å². The third kappa shape index (κ3) is 4.70. The smallest absolute Gasteiger partial charge is 0.232 e. The Morgan fingerprint density at radius 2 is 1.94 bits per heavy atom. The first-order valence-corrected chi connectivity index (χ1v) is 7.31. The van der Waals surface area contributed by atoms with Gasteiger partial charge in [0.25, 0.3) is 0 Å². The number of amides is 1. The van der Waals surface area contributed by atoms with Crippen molar-refractivity contribution in [1.82, 2.24) is 4.90 Å². The summed E-state index contributed by atoms with van der Waals surface area (Å²) in [5, 5.41) is 0. The highest BCUT2D eigenvalue weighted by Crippen LogP contribution is 2.19. The molecule has 18 heavy (non-hydrogen) atoms. The van der Waals surface area contributed by atoms with Gasteiger partial charge in [-0.05, 0) is 19.4 Å². The number of rotatable bonds is 6. The molecule has 2 unspecified atom stereocenters. The minimum atomic E-state index is 0.106. The molecular formula is C14H22N2OS. The molecule has 0 aliphatic heterocycles. The maximum absolute atomic E-state index is 12.0. The van der Waals surface area contributed by atoms with Crippen LogP contribution in [0.4, 0.5) is 0 Å². The molecule has 2 N–H and O–H groups in total. The highest BCUT2D eigenvalue weighted by Gasteiger charge is 2.16. The van der Waals surface area contributed by atoms with Gasteiger partial charge >= 0.3 is 0 Å². The number of nitrogens with zero attached hydrogens (tertiary/aromatic N) is 1. The van der Waals surface area contributed by atoms with Gasteiger partial charge in [-0.15, -0.1) is 0 Å². The lowest BCUT2D eigenvalue weighted by Gasteiger charge is -2.25. The third-order valence-electron chi connectivity index (χ3n) is 2.86. The Morgan fingerprint density at radius 3 is 2.50 bits per heavy atom. The molecule has 1 amide bonds. The fourth-order valence-corrected chi connectivity index (χ4v) is 2.47. The molecule has 0 saturated heterocycles. The summed E-state index contributed by atoms with van der Waals surface area (Å²) in [6.45, 7) is 4.00. The SMILES string of the molecule is CC(N)CSCC(=O)N(C)C(C)c1ccccc1. The Hall–Kier alpha value is -1.00. The van der Waals surface area contributed by atoms with Crippen LogP contribution in [0.15, 0.2) is 30.3 Å². The van der Waals surface area contributed by atoms with Gasteiger partial charge < -0.3 is 10.6 Å². The molecule has 0 aliphatic rings. The Kier molecular flexibility index (Phi) is 6.22. The Balaban J connectivity index is 2.48. The van der Waals surface area contributed by atoms with Crippen LogP contribution in [0.1, 0.15) is 25.5 Å². The van der Waals surface area contributed by atoms with Crippen LogP contribution in [0.25, 0.3) is 0 Å². The molecule has 0 heterocycles. The topological polar surface area (TPSA) is 46.3 Å². The summed E-state index contributed by atoms with van der Waals surface area (Å²) >= 11 is 1.59. The van der Waals surface area contributed by atoms with E-state index in [9.17, 15) is 4.79 Å². The number of hydrogen-bond donors (Lipinski definition) is 1. The molecule has 4 heteroatoms. The van der Waals surface area contributed by atoms with Gasteiger partial charge in [0.1, 0.15) is 0 Å². The van der Waals surface area contributed by atoms with E-state index in [2.05, 4.69) is 0 Å². The van der Waals surface area contributed by atoms with E-state index >= 15 is 0 Å². The number of hydrogen-bond acceptors (Lipinski definition) is 3. The molecule has 0 bridgehead atoms. The van der Waals surface area contributed by atoms with E-state index in [0.29, 0.717) is 5.75 Å². The molecule has 0 aliphatic carbocycles. The van der Waals surface area contributed by atoms with E-state index in [4.69, 9.17) is 5.73 Å². The molecule has 1 rings (SSSR count). The standard InChI is InChI=1S/C14H22N2OS/c1-11(15)9-18-10-14(17)16(3)12(2)13-7-5-4-6-8-13/h4-8,11-12H,9-10,15H2,1-3H3. The monoisotopic (exact) mass is 266 g/mol. The molecule has 0 spiro atoms. The van der Waals surface area contributed by atoms with Crippen LogP contribution in [0, 0.1) is 0 Å². The molecule has 100 valence electrons. The second kappa shape index (κ2) is 7.44. The zero-order valence-corrected chi connectivity index (χ0v) is 12.1. The lowest BCUT2D eigenvalue weighted by atomic mass is 10.1. The van der Waals surface area contributed by atoms with E-state index < -0.39 is 0 Å². The van der Waals surface area contributed by atoms with Crippen LogP contribution in [-0.4, -0.2) is 35.4 Å². The van der Waals surface area contributed by atoms with Crippen molar-refractivity contribution in [2.24, 2.45) is 5.73 Å². The van der Waals surface area contributed by atoms with Crippen LogP contribution >= 0.6 is 11.8 Å². The van der Waals surface area contributed by atoms with Gasteiger partial charge in [-0.25, -0.2) is 0 Å². The van der Waals surface area contributed by atoms with E-state index in [1.54, 1.807) is 16.7 Å².